The van der Waals surface area contributed by atoms with Gasteiger partial charge in [-0.15, -0.1) is 0 Å². The van der Waals surface area contributed by atoms with Crippen LogP contribution in [0.15, 0.2) is 24.3 Å². The quantitative estimate of drug-likeness (QED) is 0.530. The molecular formula is C16H25NO6. The van der Waals surface area contributed by atoms with Crippen molar-refractivity contribution in [2.75, 3.05) is 27.2 Å². The molecule has 1 fully saturated rings. The molecule has 4 N–H and O–H groups in total. The minimum atomic E-state index is -1.44. The molecule has 0 aliphatic carbocycles. The van der Waals surface area contributed by atoms with Crippen molar-refractivity contribution in [3.05, 3.63) is 29.8 Å². The van der Waals surface area contributed by atoms with Crippen LogP contribution in [-0.2, 0) is 11.2 Å². The molecule has 1 aliphatic heterocycles. The molecule has 2 rings (SSSR count). The van der Waals surface area contributed by atoms with Crippen molar-refractivity contribution in [3.8, 4) is 5.75 Å². The summed E-state index contributed by atoms with van der Waals surface area (Å²) < 4.78 is 10.8. The average Bonchev–Trinajstić information content (AvgIpc) is 2.54. The highest BCUT2D eigenvalue weighted by atomic mass is 16.7. The van der Waals surface area contributed by atoms with Crippen LogP contribution in [0.4, 0.5) is 0 Å². The number of hydrogen-bond donors (Lipinski definition) is 4. The normalized spacial score (nSPS) is 31.3. The standard InChI is InChI=1S/C16H25NO6/c1-17(2)8-7-10-3-5-11(6-4-10)22-16-15(21)14(20)13(19)12(9-18)23-16/h3-6,12-16,18-21H,7-9H2,1-2H3/t12-,13-,14+,15-,16-/m1/s1. The maximum absolute atomic E-state index is 9.94. The number of aliphatic hydroxyl groups is 4. The highest BCUT2D eigenvalue weighted by molar-refractivity contribution is 5.27. The molecule has 0 unspecified atom stereocenters. The Balaban J connectivity index is 1.97. The second-order valence-electron chi connectivity index (χ2n) is 6.01. The lowest BCUT2D eigenvalue weighted by Gasteiger charge is -2.39. The third-order valence-electron chi connectivity index (χ3n) is 3.87. The molecule has 0 bridgehead atoms. The van der Waals surface area contributed by atoms with Gasteiger partial charge in [-0.3, -0.25) is 0 Å². The molecular weight excluding hydrogens is 302 g/mol. The van der Waals surface area contributed by atoms with Gasteiger partial charge in [0.2, 0.25) is 6.29 Å². The van der Waals surface area contributed by atoms with Crippen molar-refractivity contribution in [3.63, 3.8) is 0 Å². The van der Waals surface area contributed by atoms with Gasteiger partial charge in [-0.25, -0.2) is 0 Å². The number of rotatable bonds is 6. The van der Waals surface area contributed by atoms with Crippen molar-refractivity contribution < 1.29 is 29.9 Å². The molecule has 1 aromatic carbocycles. The summed E-state index contributed by atoms with van der Waals surface area (Å²) in [5, 5.41) is 38.6. The molecule has 1 heterocycles. The van der Waals surface area contributed by atoms with E-state index in [-0.39, 0.29) is 0 Å². The van der Waals surface area contributed by atoms with Gasteiger partial charge in [0.05, 0.1) is 6.61 Å². The molecule has 0 spiro atoms. The van der Waals surface area contributed by atoms with E-state index in [4.69, 9.17) is 14.6 Å². The average molecular weight is 327 g/mol. The van der Waals surface area contributed by atoms with Gasteiger partial charge in [-0.05, 0) is 38.2 Å². The Hall–Kier alpha value is -1.22. The second-order valence-corrected chi connectivity index (χ2v) is 6.01. The highest BCUT2D eigenvalue weighted by Crippen LogP contribution is 2.24. The highest BCUT2D eigenvalue weighted by Gasteiger charge is 2.44. The van der Waals surface area contributed by atoms with E-state index in [2.05, 4.69) is 4.90 Å². The maximum Gasteiger partial charge on any atom is 0.229 e. The number of ether oxygens (including phenoxy) is 2. The van der Waals surface area contributed by atoms with Crippen LogP contribution in [0.1, 0.15) is 5.56 Å². The molecule has 0 amide bonds. The first-order valence-electron chi connectivity index (χ1n) is 7.63. The molecule has 1 aliphatic rings. The lowest BCUT2D eigenvalue weighted by Crippen LogP contribution is -2.60. The van der Waals surface area contributed by atoms with Gasteiger partial charge in [-0.2, -0.15) is 0 Å². The largest absolute Gasteiger partial charge is 0.462 e. The molecule has 7 nitrogen and oxygen atoms in total. The SMILES string of the molecule is CN(C)CCc1ccc(O[C@@H]2O[C@H](CO)[C@@H](O)[C@H](O)[C@H]2O)cc1. The predicted octanol–water partition coefficient (Wildman–Crippen LogP) is -1.03. The Bertz CT molecular complexity index is 478. The monoisotopic (exact) mass is 327 g/mol. The molecule has 5 atom stereocenters. The van der Waals surface area contributed by atoms with Crippen LogP contribution >= 0.6 is 0 Å². The zero-order chi connectivity index (χ0) is 17.0. The first-order valence-corrected chi connectivity index (χ1v) is 7.63. The number of hydrogen-bond acceptors (Lipinski definition) is 7. The van der Waals surface area contributed by atoms with Crippen molar-refractivity contribution in [2.24, 2.45) is 0 Å². The summed E-state index contributed by atoms with van der Waals surface area (Å²) >= 11 is 0. The van der Waals surface area contributed by atoms with Gasteiger partial charge in [0.25, 0.3) is 0 Å². The van der Waals surface area contributed by atoms with E-state index >= 15 is 0 Å². The van der Waals surface area contributed by atoms with Crippen molar-refractivity contribution >= 4 is 0 Å². The van der Waals surface area contributed by atoms with Crippen LogP contribution in [0.5, 0.6) is 5.75 Å². The van der Waals surface area contributed by atoms with Crippen LogP contribution in [0, 0.1) is 0 Å². The smallest absolute Gasteiger partial charge is 0.229 e. The first kappa shape index (κ1) is 18.1. The lowest BCUT2D eigenvalue weighted by molar-refractivity contribution is -0.277. The summed E-state index contributed by atoms with van der Waals surface area (Å²) in [5.41, 5.74) is 1.15. The molecule has 7 heteroatoms. The Kier molecular flexibility index (Phi) is 6.34. The fourth-order valence-corrected chi connectivity index (χ4v) is 2.39. The van der Waals surface area contributed by atoms with E-state index in [1.807, 2.05) is 26.2 Å². The van der Waals surface area contributed by atoms with Crippen LogP contribution in [-0.4, -0.2) is 83.3 Å². The molecule has 0 saturated carbocycles. The topological polar surface area (TPSA) is 103 Å². The van der Waals surface area contributed by atoms with Gasteiger partial charge in [0.15, 0.2) is 0 Å². The third-order valence-corrected chi connectivity index (χ3v) is 3.87. The van der Waals surface area contributed by atoms with Gasteiger partial charge in [0.1, 0.15) is 30.2 Å². The summed E-state index contributed by atoms with van der Waals surface area (Å²) in [6.45, 7) is 0.460. The van der Waals surface area contributed by atoms with E-state index < -0.39 is 37.3 Å². The van der Waals surface area contributed by atoms with Crippen molar-refractivity contribution in [2.45, 2.75) is 37.1 Å². The van der Waals surface area contributed by atoms with E-state index in [1.165, 1.54) is 0 Å². The number of likely N-dealkylation sites (N-methyl/N-ethyl adjacent to an activating group) is 1. The van der Waals surface area contributed by atoms with E-state index in [1.54, 1.807) is 12.1 Å². The Labute approximate surface area is 135 Å². The summed E-state index contributed by atoms with van der Waals surface area (Å²) in [5.74, 6) is 0.475. The van der Waals surface area contributed by atoms with Gasteiger partial charge < -0.3 is 34.8 Å². The Morgan fingerprint density at radius 2 is 1.70 bits per heavy atom. The van der Waals surface area contributed by atoms with Gasteiger partial charge >= 0.3 is 0 Å². The van der Waals surface area contributed by atoms with Gasteiger partial charge in [-0.1, -0.05) is 12.1 Å². The first-order chi connectivity index (χ1) is 10.9. The predicted molar refractivity (Wildman–Crippen MR) is 83.1 cm³/mol. The number of aliphatic hydroxyl groups excluding tert-OH is 4. The van der Waals surface area contributed by atoms with Crippen LogP contribution in [0.2, 0.25) is 0 Å². The lowest BCUT2D eigenvalue weighted by atomic mass is 9.99. The fourth-order valence-electron chi connectivity index (χ4n) is 2.39. The minimum Gasteiger partial charge on any atom is -0.462 e. The molecule has 23 heavy (non-hydrogen) atoms. The van der Waals surface area contributed by atoms with E-state index in [0.29, 0.717) is 5.75 Å². The van der Waals surface area contributed by atoms with E-state index in [9.17, 15) is 15.3 Å². The zero-order valence-corrected chi connectivity index (χ0v) is 13.4. The van der Waals surface area contributed by atoms with Crippen LogP contribution in [0.3, 0.4) is 0 Å². The molecule has 0 aromatic heterocycles. The third kappa shape index (κ3) is 4.63. The van der Waals surface area contributed by atoms with Gasteiger partial charge in [0, 0.05) is 6.54 Å². The Morgan fingerprint density at radius 1 is 1.04 bits per heavy atom. The van der Waals surface area contributed by atoms with Crippen molar-refractivity contribution in [1.29, 1.82) is 0 Å². The summed E-state index contributed by atoms with van der Waals surface area (Å²) in [4.78, 5) is 2.10. The molecule has 130 valence electrons. The summed E-state index contributed by atoms with van der Waals surface area (Å²) in [6.07, 6.45) is -5.45. The van der Waals surface area contributed by atoms with Crippen LogP contribution in [0.25, 0.3) is 0 Å². The summed E-state index contributed by atoms with van der Waals surface area (Å²) in [7, 11) is 4.02. The molecule has 1 aromatic rings. The fraction of sp³-hybridized carbons (Fsp3) is 0.625. The molecule has 0 radical (unpaired) electrons. The Morgan fingerprint density at radius 3 is 2.26 bits per heavy atom. The molecule has 1 saturated heterocycles. The van der Waals surface area contributed by atoms with E-state index in [0.717, 1.165) is 18.5 Å². The zero-order valence-electron chi connectivity index (χ0n) is 13.4. The summed E-state index contributed by atoms with van der Waals surface area (Å²) in [6, 6.07) is 7.35. The number of nitrogens with zero attached hydrogens (tertiary/aromatic N) is 1. The maximum atomic E-state index is 9.94. The second kappa shape index (κ2) is 8.05. The minimum absolute atomic E-state index is 0.475. The van der Waals surface area contributed by atoms with Crippen molar-refractivity contribution in [1.82, 2.24) is 4.90 Å². The number of benzene rings is 1. The van der Waals surface area contributed by atoms with Crippen LogP contribution < -0.4 is 4.74 Å².